The molecule has 0 saturated heterocycles. The first-order valence-electron chi connectivity index (χ1n) is 8.86. The highest BCUT2D eigenvalue weighted by Gasteiger charge is 2.28. The van der Waals surface area contributed by atoms with E-state index in [2.05, 4.69) is 5.32 Å². The number of anilines is 1. The fraction of sp³-hybridized carbons (Fsp3) is 0.350. The molecule has 0 spiro atoms. The summed E-state index contributed by atoms with van der Waals surface area (Å²) in [6.07, 6.45) is 1.15. The monoisotopic (exact) mass is 424 g/mol. The van der Waals surface area contributed by atoms with Gasteiger partial charge in [-0.3, -0.25) is 9.10 Å². The summed E-state index contributed by atoms with van der Waals surface area (Å²) >= 11 is 5.87. The van der Waals surface area contributed by atoms with Gasteiger partial charge in [0.2, 0.25) is 15.9 Å². The third-order valence-electron chi connectivity index (χ3n) is 3.93. The van der Waals surface area contributed by atoms with Gasteiger partial charge in [-0.1, -0.05) is 23.7 Å². The number of benzene rings is 2. The average Bonchev–Trinajstić information content (AvgIpc) is 2.61. The Hall–Kier alpha value is -2.25. The van der Waals surface area contributed by atoms with Crippen LogP contribution in [0.1, 0.15) is 26.3 Å². The molecule has 0 fully saturated rings. The van der Waals surface area contributed by atoms with Crippen molar-refractivity contribution in [1.29, 1.82) is 0 Å². The maximum atomic E-state index is 12.6. The second-order valence-corrected chi connectivity index (χ2v) is 9.04. The van der Waals surface area contributed by atoms with Crippen LogP contribution in [-0.2, 0) is 21.4 Å². The summed E-state index contributed by atoms with van der Waals surface area (Å²) in [5.74, 6) is 0.354. The standard InChI is InChI=1S/C20H25ClN2O4S/c1-14(2)27-19-11-5-16(6-12-19)13-22-20(24)15(3)23(28(4,25)26)18-9-7-17(21)8-10-18/h5-12,14-15H,13H2,1-4H3,(H,22,24)/t15-/m0/s1. The van der Waals surface area contributed by atoms with E-state index in [0.29, 0.717) is 10.7 Å². The van der Waals surface area contributed by atoms with Gasteiger partial charge >= 0.3 is 0 Å². The fourth-order valence-electron chi connectivity index (χ4n) is 2.69. The molecule has 0 heterocycles. The van der Waals surface area contributed by atoms with E-state index in [4.69, 9.17) is 16.3 Å². The van der Waals surface area contributed by atoms with Crippen molar-refractivity contribution in [2.24, 2.45) is 0 Å². The third kappa shape index (κ3) is 6.14. The minimum atomic E-state index is -3.66. The molecule has 0 saturated carbocycles. The molecule has 1 amide bonds. The summed E-state index contributed by atoms with van der Waals surface area (Å²) in [6, 6.07) is 12.8. The van der Waals surface area contributed by atoms with Crippen LogP contribution in [0.4, 0.5) is 5.69 Å². The molecule has 28 heavy (non-hydrogen) atoms. The maximum absolute atomic E-state index is 12.6. The lowest BCUT2D eigenvalue weighted by molar-refractivity contribution is -0.122. The van der Waals surface area contributed by atoms with Crippen molar-refractivity contribution in [3.63, 3.8) is 0 Å². The number of nitrogens with one attached hydrogen (secondary N) is 1. The topological polar surface area (TPSA) is 75.7 Å². The maximum Gasteiger partial charge on any atom is 0.243 e. The summed E-state index contributed by atoms with van der Waals surface area (Å²) in [6.45, 7) is 5.72. The van der Waals surface area contributed by atoms with Gasteiger partial charge in [-0.15, -0.1) is 0 Å². The number of rotatable bonds is 8. The molecule has 152 valence electrons. The number of halogens is 1. The predicted octanol–water partition coefficient (Wildman–Crippen LogP) is 3.60. The summed E-state index contributed by atoms with van der Waals surface area (Å²) in [4.78, 5) is 12.6. The van der Waals surface area contributed by atoms with Gasteiger partial charge in [0.25, 0.3) is 0 Å². The molecule has 2 aromatic rings. The Kier molecular flexibility index (Phi) is 7.32. The molecule has 0 radical (unpaired) electrons. The van der Waals surface area contributed by atoms with Crippen molar-refractivity contribution in [1.82, 2.24) is 5.32 Å². The van der Waals surface area contributed by atoms with Crippen molar-refractivity contribution >= 4 is 33.2 Å². The van der Waals surface area contributed by atoms with Crippen molar-refractivity contribution in [3.8, 4) is 5.75 Å². The van der Waals surface area contributed by atoms with Crippen LogP contribution >= 0.6 is 11.6 Å². The molecule has 2 rings (SSSR count). The largest absolute Gasteiger partial charge is 0.491 e. The molecule has 6 nitrogen and oxygen atoms in total. The first kappa shape index (κ1) is 22.0. The number of amides is 1. The van der Waals surface area contributed by atoms with Gasteiger partial charge in [-0.25, -0.2) is 8.42 Å². The van der Waals surface area contributed by atoms with E-state index in [1.807, 2.05) is 38.1 Å². The number of hydrogen-bond donors (Lipinski definition) is 1. The highest BCUT2D eigenvalue weighted by Crippen LogP contribution is 2.23. The van der Waals surface area contributed by atoms with Gasteiger partial charge in [-0.05, 0) is 62.7 Å². The molecule has 1 N–H and O–H groups in total. The molecule has 0 aliphatic rings. The second kappa shape index (κ2) is 9.30. The zero-order valence-electron chi connectivity index (χ0n) is 16.3. The van der Waals surface area contributed by atoms with Crippen LogP contribution in [0.5, 0.6) is 5.75 Å². The lowest BCUT2D eigenvalue weighted by Gasteiger charge is -2.28. The minimum Gasteiger partial charge on any atom is -0.491 e. The molecule has 0 aliphatic heterocycles. The molecule has 0 aliphatic carbocycles. The zero-order valence-corrected chi connectivity index (χ0v) is 17.9. The quantitative estimate of drug-likeness (QED) is 0.702. The highest BCUT2D eigenvalue weighted by atomic mass is 35.5. The van der Waals surface area contributed by atoms with Crippen LogP contribution in [0.3, 0.4) is 0 Å². The van der Waals surface area contributed by atoms with Crippen LogP contribution in [0.15, 0.2) is 48.5 Å². The molecule has 0 aromatic heterocycles. The van der Waals surface area contributed by atoms with Crippen molar-refractivity contribution in [2.45, 2.75) is 39.5 Å². The Labute approximate surface area is 171 Å². The molecule has 2 aromatic carbocycles. The highest BCUT2D eigenvalue weighted by molar-refractivity contribution is 7.92. The van der Waals surface area contributed by atoms with Gasteiger partial charge in [0.15, 0.2) is 0 Å². The second-order valence-electron chi connectivity index (χ2n) is 6.74. The van der Waals surface area contributed by atoms with E-state index in [9.17, 15) is 13.2 Å². The average molecular weight is 425 g/mol. The SMILES string of the molecule is CC(C)Oc1ccc(CNC(=O)[C@H](C)N(c2ccc(Cl)cc2)S(C)(=O)=O)cc1. The first-order valence-corrected chi connectivity index (χ1v) is 11.1. The van der Waals surface area contributed by atoms with E-state index in [-0.39, 0.29) is 12.6 Å². The van der Waals surface area contributed by atoms with E-state index < -0.39 is 22.0 Å². The number of carbonyl (C=O) groups excluding carboxylic acids is 1. The lowest BCUT2D eigenvalue weighted by Crippen LogP contribution is -2.47. The summed E-state index contributed by atoms with van der Waals surface area (Å²) in [5.41, 5.74) is 1.26. The zero-order chi connectivity index (χ0) is 20.9. The van der Waals surface area contributed by atoms with Gasteiger partial charge in [-0.2, -0.15) is 0 Å². The predicted molar refractivity (Wildman–Crippen MR) is 112 cm³/mol. The number of carbonyl (C=O) groups is 1. The molecule has 0 unspecified atom stereocenters. The summed E-state index contributed by atoms with van der Waals surface area (Å²) in [5, 5.41) is 3.27. The van der Waals surface area contributed by atoms with E-state index in [0.717, 1.165) is 21.9 Å². The molecule has 8 heteroatoms. The van der Waals surface area contributed by atoms with Crippen LogP contribution in [-0.4, -0.2) is 32.7 Å². The van der Waals surface area contributed by atoms with E-state index in [1.165, 1.54) is 0 Å². The van der Waals surface area contributed by atoms with Crippen molar-refractivity contribution < 1.29 is 17.9 Å². The number of nitrogens with zero attached hydrogens (tertiary/aromatic N) is 1. The van der Waals surface area contributed by atoms with Gasteiger partial charge in [0.1, 0.15) is 11.8 Å². The Morgan fingerprint density at radius 2 is 1.64 bits per heavy atom. The lowest BCUT2D eigenvalue weighted by atomic mass is 10.2. The number of sulfonamides is 1. The van der Waals surface area contributed by atoms with Crippen LogP contribution in [0.25, 0.3) is 0 Å². The van der Waals surface area contributed by atoms with Crippen LogP contribution in [0.2, 0.25) is 5.02 Å². The molecule has 1 atom stereocenters. The van der Waals surface area contributed by atoms with Gasteiger partial charge < -0.3 is 10.1 Å². The van der Waals surface area contributed by atoms with Gasteiger partial charge in [0.05, 0.1) is 18.0 Å². The van der Waals surface area contributed by atoms with E-state index >= 15 is 0 Å². The first-order chi connectivity index (χ1) is 13.1. The Morgan fingerprint density at radius 3 is 2.14 bits per heavy atom. The normalized spacial score (nSPS) is 12.5. The number of hydrogen-bond acceptors (Lipinski definition) is 4. The summed E-state index contributed by atoms with van der Waals surface area (Å²) in [7, 11) is -3.66. The number of ether oxygens (including phenoxy) is 1. The Bertz CT molecular complexity index is 897. The Balaban J connectivity index is 2.07. The van der Waals surface area contributed by atoms with Crippen molar-refractivity contribution in [2.75, 3.05) is 10.6 Å². The third-order valence-corrected chi connectivity index (χ3v) is 5.43. The molecule has 0 bridgehead atoms. The van der Waals surface area contributed by atoms with E-state index in [1.54, 1.807) is 31.2 Å². The van der Waals surface area contributed by atoms with Crippen molar-refractivity contribution in [3.05, 3.63) is 59.1 Å². The summed E-state index contributed by atoms with van der Waals surface area (Å²) < 4.78 is 31.2. The fourth-order valence-corrected chi connectivity index (χ4v) is 3.99. The molecular formula is C20H25ClN2O4S. The minimum absolute atomic E-state index is 0.0845. The van der Waals surface area contributed by atoms with Crippen LogP contribution in [0, 0.1) is 0 Å². The smallest absolute Gasteiger partial charge is 0.243 e. The van der Waals surface area contributed by atoms with Crippen LogP contribution < -0.4 is 14.4 Å². The molecular weight excluding hydrogens is 400 g/mol. The Morgan fingerprint density at radius 1 is 1.07 bits per heavy atom. The van der Waals surface area contributed by atoms with Gasteiger partial charge in [0, 0.05) is 11.6 Å².